The summed E-state index contributed by atoms with van der Waals surface area (Å²) in [5.74, 6) is -1.59. The Morgan fingerprint density at radius 1 is 1.67 bits per heavy atom. The molecule has 1 heterocycles. The maximum absolute atomic E-state index is 11.3. The highest BCUT2D eigenvalue weighted by Crippen LogP contribution is 2.04. The molecule has 15 heavy (non-hydrogen) atoms. The third-order valence-corrected chi connectivity index (χ3v) is 1.74. The third kappa shape index (κ3) is 2.78. The van der Waals surface area contributed by atoms with E-state index in [4.69, 9.17) is 10.2 Å². The SMILES string of the molecule is Cc1oncc1C(=O)NCC(O)C(=O)O. The van der Waals surface area contributed by atoms with Crippen molar-refractivity contribution in [1.29, 1.82) is 0 Å². The molecular weight excluding hydrogens is 204 g/mol. The summed E-state index contributed by atoms with van der Waals surface area (Å²) in [5.41, 5.74) is 0.215. The van der Waals surface area contributed by atoms with E-state index in [0.29, 0.717) is 5.76 Å². The van der Waals surface area contributed by atoms with Crippen LogP contribution in [0.15, 0.2) is 10.7 Å². The number of aromatic nitrogens is 1. The first kappa shape index (κ1) is 11.2. The number of aliphatic carboxylic acids is 1. The van der Waals surface area contributed by atoms with Gasteiger partial charge in [-0.05, 0) is 6.92 Å². The molecule has 3 N–H and O–H groups in total. The summed E-state index contributed by atoms with van der Waals surface area (Å²) >= 11 is 0. The molecule has 82 valence electrons. The lowest BCUT2D eigenvalue weighted by molar-refractivity contribution is -0.146. The number of carboxylic acid groups (broad SMARTS) is 1. The van der Waals surface area contributed by atoms with Crippen molar-refractivity contribution in [3.05, 3.63) is 17.5 Å². The van der Waals surface area contributed by atoms with Crippen LogP contribution in [0, 0.1) is 6.92 Å². The quantitative estimate of drug-likeness (QED) is 0.602. The smallest absolute Gasteiger partial charge is 0.334 e. The summed E-state index contributed by atoms with van der Waals surface area (Å²) in [5, 5.41) is 22.9. The standard InChI is InChI=1S/C8H10N2O5/c1-4-5(2-10-15-4)7(12)9-3-6(11)8(13)14/h2,6,11H,3H2,1H3,(H,9,12)(H,13,14). The average Bonchev–Trinajstić information content (AvgIpc) is 2.60. The van der Waals surface area contributed by atoms with E-state index in [0.717, 1.165) is 0 Å². The van der Waals surface area contributed by atoms with Gasteiger partial charge < -0.3 is 20.1 Å². The van der Waals surface area contributed by atoms with Crippen LogP contribution in [-0.4, -0.2) is 39.9 Å². The molecule has 0 aromatic carbocycles. The minimum Gasteiger partial charge on any atom is -0.479 e. The van der Waals surface area contributed by atoms with Crippen molar-refractivity contribution in [3.63, 3.8) is 0 Å². The maximum Gasteiger partial charge on any atom is 0.334 e. The molecule has 1 unspecified atom stereocenters. The fourth-order valence-corrected chi connectivity index (χ4v) is 0.889. The van der Waals surface area contributed by atoms with Gasteiger partial charge >= 0.3 is 5.97 Å². The van der Waals surface area contributed by atoms with Crippen LogP contribution in [0.3, 0.4) is 0 Å². The highest BCUT2D eigenvalue weighted by Gasteiger charge is 2.17. The summed E-state index contributed by atoms with van der Waals surface area (Å²) in [7, 11) is 0. The molecule has 0 aliphatic heterocycles. The van der Waals surface area contributed by atoms with Gasteiger partial charge in [0.05, 0.1) is 12.7 Å². The minimum absolute atomic E-state index is 0.215. The first-order valence-electron chi connectivity index (χ1n) is 4.12. The molecule has 7 heteroatoms. The lowest BCUT2D eigenvalue weighted by atomic mass is 10.2. The van der Waals surface area contributed by atoms with Crippen LogP contribution in [0.25, 0.3) is 0 Å². The molecule has 0 radical (unpaired) electrons. The molecule has 0 saturated carbocycles. The normalized spacial score (nSPS) is 12.1. The van der Waals surface area contributed by atoms with Crippen molar-refractivity contribution in [3.8, 4) is 0 Å². The van der Waals surface area contributed by atoms with Crippen molar-refractivity contribution >= 4 is 11.9 Å². The van der Waals surface area contributed by atoms with Crippen LogP contribution in [-0.2, 0) is 4.79 Å². The number of carbonyl (C=O) groups is 2. The van der Waals surface area contributed by atoms with Crippen LogP contribution < -0.4 is 5.32 Å². The number of rotatable bonds is 4. The predicted molar refractivity (Wildman–Crippen MR) is 47.2 cm³/mol. The van der Waals surface area contributed by atoms with Gasteiger partial charge in [0.2, 0.25) is 0 Å². The van der Waals surface area contributed by atoms with E-state index >= 15 is 0 Å². The van der Waals surface area contributed by atoms with Crippen molar-refractivity contribution in [1.82, 2.24) is 10.5 Å². The Balaban J connectivity index is 2.51. The van der Waals surface area contributed by atoms with Crippen molar-refractivity contribution in [2.24, 2.45) is 0 Å². The van der Waals surface area contributed by atoms with Crippen LogP contribution in [0.2, 0.25) is 0 Å². The topological polar surface area (TPSA) is 113 Å². The molecule has 0 bridgehead atoms. The average molecular weight is 214 g/mol. The zero-order valence-electron chi connectivity index (χ0n) is 7.93. The summed E-state index contributed by atoms with van der Waals surface area (Å²) in [6.45, 7) is 1.19. The molecule has 0 fully saturated rings. The number of nitrogens with one attached hydrogen (secondary N) is 1. The molecular formula is C8H10N2O5. The number of aliphatic hydroxyl groups is 1. The first-order chi connectivity index (χ1) is 7.02. The van der Waals surface area contributed by atoms with Gasteiger partial charge in [-0.2, -0.15) is 0 Å². The Kier molecular flexibility index (Phi) is 3.40. The number of carbonyl (C=O) groups excluding carboxylic acids is 1. The van der Waals surface area contributed by atoms with Gasteiger partial charge in [0, 0.05) is 0 Å². The van der Waals surface area contributed by atoms with E-state index < -0.39 is 18.0 Å². The van der Waals surface area contributed by atoms with E-state index in [9.17, 15) is 9.59 Å². The summed E-state index contributed by atoms with van der Waals surface area (Å²) in [6, 6.07) is 0. The zero-order valence-corrected chi connectivity index (χ0v) is 7.93. The molecule has 0 aliphatic rings. The number of aliphatic hydroxyl groups excluding tert-OH is 1. The third-order valence-electron chi connectivity index (χ3n) is 1.74. The van der Waals surface area contributed by atoms with Crippen molar-refractivity contribution in [2.75, 3.05) is 6.54 Å². The molecule has 7 nitrogen and oxygen atoms in total. The fourth-order valence-electron chi connectivity index (χ4n) is 0.889. The van der Waals surface area contributed by atoms with Crippen LogP contribution >= 0.6 is 0 Å². The largest absolute Gasteiger partial charge is 0.479 e. The summed E-state index contributed by atoms with van der Waals surface area (Å²) in [4.78, 5) is 21.6. The van der Waals surface area contributed by atoms with Crippen LogP contribution in [0.1, 0.15) is 16.1 Å². The summed E-state index contributed by atoms with van der Waals surface area (Å²) in [6.07, 6.45) is -0.397. The molecule has 1 aromatic heterocycles. The lowest BCUT2D eigenvalue weighted by Gasteiger charge is -2.06. The molecule has 1 atom stereocenters. The molecule has 0 spiro atoms. The number of aryl methyl sites for hydroxylation is 1. The van der Waals surface area contributed by atoms with Gasteiger partial charge in [-0.1, -0.05) is 5.16 Å². The van der Waals surface area contributed by atoms with Gasteiger partial charge in [0.25, 0.3) is 5.91 Å². The van der Waals surface area contributed by atoms with Crippen LogP contribution in [0.5, 0.6) is 0 Å². The van der Waals surface area contributed by atoms with Crippen LogP contribution in [0.4, 0.5) is 0 Å². The Morgan fingerprint density at radius 2 is 2.33 bits per heavy atom. The van der Waals surface area contributed by atoms with Crippen molar-refractivity contribution < 1.29 is 24.3 Å². The fraction of sp³-hybridized carbons (Fsp3) is 0.375. The predicted octanol–water partition coefficient (Wildman–Crippen LogP) is -0.842. The minimum atomic E-state index is -1.62. The van der Waals surface area contributed by atoms with Gasteiger partial charge in [0.1, 0.15) is 11.3 Å². The molecule has 1 aromatic rings. The highest BCUT2D eigenvalue weighted by atomic mass is 16.5. The molecule has 1 amide bonds. The Bertz CT molecular complexity index is 373. The first-order valence-corrected chi connectivity index (χ1v) is 4.12. The van der Waals surface area contributed by atoms with Gasteiger partial charge in [0.15, 0.2) is 6.10 Å². The second-order valence-corrected chi connectivity index (χ2v) is 2.86. The molecule has 0 aliphatic carbocycles. The number of hydrogen-bond acceptors (Lipinski definition) is 5. The van der Waals surface area contributed by atoms with Crippen molar-refractivity contribution in [2.45, 2.75) is 13.0 Å². The Labute approximate surface area is 84.7 Å². The lowest BCUT2D eigenvalue weighted by Crippen LogP contribution is -2.36. The van der Waals surface area contributed by atoms with Gasteiger partial charge in [-0.25, -0.2) is 4.79 Å². The summed E-state index contributed by atoms with van der Waals surface area (Å²) < 4.78 is 4.65. The number of hydrogen-bond donors (Lipinski definition) is 3. The van der Waals surface area contributed by atoms with Gasteiger partial charge in [-0.3, -0.25) is 4.79 Å². The van der Waals surface area contributed by atoms with E-state index in [1.807, 2.05) is 0 Å². The maximum atomic E-state index is 11.3. The number of nitrogens with zero attached hydrogens (tertiary/aromatic N) is 1. The monoisotopic (exact) mass is 214 g/mol. The Morgan fingerprint density at radius 3 is 2.80 bits per heavy atom. The van der Waals surface area contributed by atoms with E-state index in [-0.39, 0.29) is 12.1 Å². The second kappa shape index (κ2) is 4.56. The highest BCUT2D eigenvalue weighted by molar-refractivity contribution is 5.94. The number of amides is 1. The molecule has 0 saturated heterocycles. The Hall–Kier alpha value is -1.89. The molecule has 1 rings (SSSR count). The second-order valence-electron chi connectivity index (χ2n) is 2.86. The van der Waals surface area contributed by atoms with E-state index in [1.54, 1.807) is 6.92 Å². The van der Waals surface area contributed by atoms with E-state index in [2.05, 4.69) is 15.0 Å². The number of carboxylic acids is 1. The van der Waals surface area contributed by atoms with E-state index in [1.165, 1.54) is 6.20 Å². The zero-order chi connectivity index (χ0) is 11.4. The van der Waals surface area contributed by atoms with Gasteiger partial charge in [-0.15, -0.1) is 0 Å².